The lowest BCUT2D eigenvalue weighted by Gasteiger charge is -2.06. The van der Waals surface area contributed by atoms with Crippen molar-refractivity contribution in [1.82, 2.24) is 5.43 Å². The third-order valence-electron chi connectivity index (χ3n) is 2.95. The Morgan fingerprint density at radius 3 is 2.62 bits per heavy atom. The Labute approximate surface area is 157 Å². The van der Waals surface area contributed by atoms with Crippen molar-refractivity contribution in [3.05, 3.63) is 62.5 Å². The topological polar surface area (TPSA) is 50.7 Å². The Hall–Kier alpha value is -2.10. The number of amides is 1. The normalized spacial score (nSPS) is 10.4. The lowest BCUT2D eigenvalue weighted by molar-refractivity contribution is -0.120. The van der Waals surface area contributed by atoms with Crippen molar-refractivity contribution >= 4 is 44.0 Å². The van der Waals surface area contributed by atoms with Crippen molar-refractivity contribution < 1.29 is 9.53 Å². The second kappa shape index (κ2) is 9.26. The Balaban J connectivity index is 1.98. The minimum absolute atomic E-state index is 0.165. The Morgan fingerprint density at radius 1 is 1.21 bits per heavy atom. The van der Waals surface area contributed by atoms with E-state index in [4.69, 9.17) is 11.2 Å². The fraction of sp³-hybridized carbons (Fsp3) is 0.111. The van der Waals surface area contributed by atoms with Gasteiger partial charge in [0.2, 0.25) is 5.91 Å². The van der Waals surface area contributed by atoms with Crippen molar-refractivity contribution in [2.75, 3.05) is 6.61 Å². The predicted molar refractivity (Wildman–Crippen MR) is 102 cm³/mol. The van der Waals surface area contributed by atoms with Crippen LogP contribution in [0.15, 0.2) is 56.5 Å². The first-order chi connectivity index (χ1) is 11.6. The standard InChI is InChI=1S/C18H14Br2N2O2/c1-2-9-24-17-8-7-16(20)11-14(17)12-21-22-18(23)10-13-3-5-15(19)6-4-13/h1,3-8,11-12H,9-10H2,(H,22,23)/b21-12-. The van der Waals surface area contributed by atoms with Crippen molar-refractivity contribution in [3.63, 3.8) is 0 Å². The SMILES string of the molecule is C#CCOc1ccc(Br)cc1/C=N\NC(=O)Cc1ccc(Br)cc1. The van der Waals surface area contributed by atoms with Gasteiger partial charge >= 0.3 is 0 Å². The van der Waals surface area contributed by atoms with E-state index >= 15 is 0 Å². The summed E-state index contributed by atoms with van der Waals surface area (Å²) in [6.45, 7) is 0.165. The molecule has 2 aromatic carbocycles. The van der Waals surface area contributed by atoms with Crippen LogP contribution in [0.4, 0.5) is 0 Å². The molecule has 6 heteroatoms. The average Bonchev–Trinajstić information content (AvgIpc) is 2.56. The van der Waals surface area contributed by atoms with Gasteiger partial charge in [0.25, 0.3) is 0 Å². The van der Waals surface area contributed by atoms with Crippen LogP contribution in [-0.2, 0) is 11.2 Å². The molecule has 122 valence electrons. The molecule has 0 saturated carbocycles. The summed E-state index contributed by atoms with van der Waals surface area (Å²) in [6.07, 6.45) is 6.98. The first-order valence-corrected chi connectivity index (χ1v) is 8.59. The number of nitrogens with one attached hydrogen (secondary N) is 1. The van der Waals surface area contributed by atoms with Gasteiger partial charge in [-0.05, 0) is 35.9 Å². The summed E-state index contributed by atoms with van der Waals surface area (Å²) in [5, 5.41) is 3.98. The number of nitrogens with zero attached hydrogens (tertiary/aromatic N) is 1. The molecule has 0 spiro atoms. The number of hydrogen-bond acceptors (Lipinski definition) is 3. The van der Waals surface area contributed by atoms with Gasteiger partial charge < -0.3 is 4.74 Å². The highest BCUT2D eigenvalue weighted by atomic mass is 79.9. The number of hydrazone groups is 1. The zero-order chi connectivity index (χ0) is 17.4. The molecular weight excluding hydrogens is 436 g/mol. The zero-order valence-corrected chi connectivity index (χ0v) is 15.8. The number of carbonyl (C=O) groups is 1. The van der Waals surface area contributed by atoms with Gasteiger partial charge in [0.05, 0.1) is 12.6 Å². The Bertz CT molecular complexity index is 781. The number of carbonyl (C=O) groups excluding carboxylic acids is 1. The summed E-state index contributed by atoms with van der Waals surface area (Å²) in [5.74, 6) is 2.81. The van der Waals surface area contributed by atoms with E-state index in [1.54, 1.807) is 6.07 Å². The first-order valence-electron chi connectivity index (χ1n) is 7.00. The van der Waals surface area contributed by atoms with E-state index in [1.807, 2.05) is 36.4 Å². The highest BCUT2D eigenvalue weighted by molar-refractivity contribution is 9.10. The zero-order valence-electron chi connectivity index (χ0n) is 12.6. The van der Waals surface area contributed by atoms with E-state index in [9.17, 15) is 4.79 Å². The maximum atomic E-state index is 11.9. The predicted octanol–water partition coefficient (Wildman–Crippen LogP) is 3.92. The molecule has 0 unspecified atom stereocenters. The number of hydrogen-bond donors (Lipinski definition) is 1. The van der Waals surface area contributed by atoms with Gasteiger partial charge in [-0.25, -0.2) is 5.43 Å². The van der Waals surface area contributed by atoms with Gasteiger partial charge in [-0.1, -0.05) is 49.9 Å². The molecule has 2 aromatic rings. The molecule has 0 heterocycles. The molecular formula is C18H14Br2N2O2. The highest BCUT2D eigenvalue weighted by Gasteiger charge is 2.04. The van der Waals surface area contributed by atoms with E-state index < -0.39 is 0 Å². The molecule has 2 rings (SSSR count). The van der Waals surface area contributed by atoms with Crippen molar-refractivity contribution in [2.45, 2.75) is 6.42 Å². The van der Waals surface area contributed by atoms with Crippen LogP contribution in [0.1, 0.15) is 11.1 Å². The molecule has 0 aliphatic rings. The average molecular weight is 450 g/mol. The lowest BCUT2D eigenvalue weighted by Crippen LogP contribution is -2.19. The summed E-state index contributed by atoms with van der Waals surface area (Å²) in [4.78, 5) is 11.9. The minimum Gasteiger partial charge on any atom is -0.480 e. The van der Waals surface area contributed by atoms with Crippen molar-refractivity contribution in [1.29, 1.82) is 0 Å². The Kier molecular flexibility index (Phi) is 7.04. The van der Waals surface area contributed by atoms with Crippen LogP contribution in [0, 0.1) is 12.3 Å². The minimum atomic E-state index is -0.199. The molecule has 0 saturated heterocycles. The highest BCUT2D eigenvalue weighted by Crippen LogP contribution is 2.21. The van der Waals surface area contributed by atoms with Crippen molar-refractivity contribution in [2.24, 2.45) is 5.10 Å². The largest absolute Gasteiger partial charge is 0.480 e. The molecule has 0 aliphatic heterocycles. The maximum Gasteiger partial charge on any atom is 0.244 e. The van der Waals surface area contributed by atoms with Gasteiger partial charge in [-0.3, -0.25) is 4.79 Å². The molecule has 24 heavy (non-hydrogen) atoms. The summed E-state index contributed by atoms with van der Waals surface area (Å²) in [7, 11) is 0. The van der Waals surface area contributed by atoms with Gasteiger partial charge in [-0.2, -0.15) is 5.10 Å². The van der Waals surface area contributed by atoms with Crippen LogP contribution in [-0.4, -0.2) is 18.7 Å². The fourth-order valence-corrected chi connectivity index (χ4v) is 2.52. The van der Waals surface area contributed by atoms with Crippen LogP contribution in [0.5, 0.6) is 5.75 Å². The lowest BCUT2D eigenvalue weighted by atomic mass is 10.1. The van der Waals surface area contributed by atoms with E-state index in [1.165, 1.54) is 6.21 Å². The van der Waals surface area contributed by atoms with Crippen LogP contribution < -0.4 is 10.2 Å². The second-order valence-corrected chi connectivity index (χ2v) is 6.60. The van der Waals surface area contributed by atoms with Gasteiger partial charge in [0, 0.05) is 14.5 Å². The molecule has 1 N–H and O–H groups in total. The fourth-order valence-electron chi connectivity index (χ4n) is 1.87. The molecule has 0 aromatic heterocycles. The quantitative estimate of drug-likeness (QED) is 0.412. The van der Waals surface area contributed by atoms with E-state index in [0.717, 1.165) is 14.5 Å². The third kappa shape index (κ3) is 5.84. The summed E-state index contributed by atoms with van der Waals surface area (Å²) in [5.41, 5.74) is 4.12. The van der Waals surface area contributed by atoms with Gasteiger partial charge in [0.15, 0.2) is 0 Å². The van der Waals surface area contributed by atoms with E-state index in [2.05, 4.69) is 48.3 Å². The van der Waals surface area contributed by atoms with E-state index in [-0.39, 0.29) is 18.9 Å². The molecule has 1 amide bonds. The summed E-state index contributed by atoms with van der Waals surface area (Å²) < 4.78 is 7.28. The third-order valence-corrected chi connectivity index (χ3v) is 3.98. The maximum absolute atomic E-state index is 11.9. The number of ether oxygens (including phenoxy) is 1. The molecule has 0 atom stereocenters. The van der Waals surface area contributed by atoms with Gasteiger partial charge in [0.1, 0.15) is 12.4 Å². The summed E-state index contributed by atoms with van der Waals surface area (Å²) in [6, 6.07) is 13.0. The second-order valence-electron chi connectivity index (χ2n) is 4.77. The van der Waals surface area contributed by atoms with Crippen LogP contribution >= 0.6 is 31.9 Å². The molecule has 0 bridgehead atoms. The van der Waals surface area contributed by atoms with E-state index in [0.29, 0.717) is 11.3 Å². The number of benzene rings is 2. The smallest absolute Gasteiger partial charge is 0.244 e. The molecule has 0 radical (unpaired) electrons. The van der Waals surface area contributed by atoms with Crippen LogP contribution in [0.2, 0.25) is 0 Å². The first kappa shape index (κ1) is 18.2. The Morgan fingerprint density at radius 2 is 1.92 bits per heavy atom. The molecule has 0 aliphatic carbocycles. The number of terminal acetylenes is 1. The summed E-state index contributed by atoms with van der Waals surface area (Å²) >= 11 is 6.74. The van der Waals surface area contributed by atoms with Crippen LogP contribution in [0.25, 0.3) is 0 Å². The molecule has 0 fully saturated rings. The monoisotopic (exact) mass is 448 g/mol. The number of rotatable bonds is 6. The van der Waals surface area contributed by atoms with Crippen LogP contribution in [0.3, 0.4) is 0 Å². The number of halogens is 2. The van der Waals surface area contributed by atoms with Gasteiger partial charge in [-0.15, -0.1) is 6.42 Å². The molecule has 4 nitrogen and oxygen atoms in total. The van der Waals surface area contributed by atoms with Crippen molar-refractivity contribution in [3.8, 4) is 18.1 Å².